The van der Waals surface area contributed by atoms with Crippen LogP contribution in [0.3, 0.4) is 0 Å². The molecule has 0 heterocycles. The summed E-state index contributed by atoms with van der Waals surface area (Å²) in [5, 5.41) is 9.85. The number of aliphatic hydroxyl groups is 1. The molecule has 0 fully saturated rings. The number of hydrogen-bond acceptors (Lipinski definition) is 3. The van der Waals surface area contributed by atoms with Crippen molar-refractivity contribution in [3.8, 4) is 0 Å². The average molecular weight is 262 g/mol. The fourth-order valence-corrected chi connectivity index (χ4v) is 1.65. The molecule has 0 aliphatic heterocycles. The summed E-state index contributed by atoms with van der Waals surface area (Å²) in [6.07, 6.45) is -1.41. The van der Waals surface area contributed by atoms with E-state index in [4.69, 9.17) is 0 Å². The molecule has 0 aliphatic carbocycles. The highest BCUT2D eigenvalue weighted by Crippen LogP contribution is 2.29. The minimum absolute atomic E-state index is 0.173. The van der Waals surface area contributed by atoms with Gasteiger partial charge in [-0.25, -0.2) is 13.2 Å². The lowest BCUT2D eigenvalue weighted by Crippen LogP contribution is -2.24. The first-order chi connectivity index (χ1) is 8.42. The monoisotopic (exact) mass is 262 g/mol. The van der Waals surface area contributed by atoms with Crippen LogP contribution in [0.5, 0.6) is 0 Å². The van der Waals surface area contributed by atoms with Gasteiger partial charge in [0.15, 0.2) is 11.6 Å². The van der Waals surface area contributed by atoms with E-state index in [2.05, 4.69) is 4.74 Å². The molecule has 1 rings (SSSR count). The minimum Gasteiger partial charge on any atom is -0.469 e. The van der Waals surface area contributed by atoms with Gasteiger partial charge < -0.3 is 9.84 Å². The van der Waals surface area contributed by atoms with E-state index >= 15 is 0 Å². The molecule has 0 bridgehead atoms. The van der Waals surface area contributed by atoms with Crippen molar-refractivity contribution in [2.45, 2.75) is 19.4 Å². The summed E-state index contributed by atoms with van der Waals surface area (Å²) in [4.78, 5) is 11.3. The van der Waals surface area contributed by atoms with Crippen LogP contribution in [-0.2, 0) is 9.53 Å². The van der Waals surface area contributed by atoms with Gasteiger partial charge in [0.1, 0.15) is 5.82 Å². The van der Waals surface area contributed by atoms with Gasteiger partial charge in [-0.3, -0.25) is 4.79 Å². The van der Waals surface area contributed by atoms with Crippen molar-refractivity contribution in [3.05, 3.63) is 35.1 Å². The van der Waals surface area contributed by atoms with Crippen molar-refractivity contribution < 1.29 is 27.8 Å². The molecular weight excluding hydrogens is 249 g/mol. The molecule has 0 aliphatic rings. The molecule has 1 aromatic carbocycles. The molecule has 3 nitrogen and oxygen atoms in total. The van der Waals surface area contributed by atoms with Crippen LogP contribution < -0.4 is 0 Å². The molecule has 2 unspecified atom stereocenters. The lowest BCUT2D eigenvalue weighted by atomic mass is 9.93. The SMILES string of the molecule is CCC(C(=O)OC)C(O)c1cc(F)c(F)cc1F. The Labute approximate surface area is 102 Å². The molecule has 100 valence electrons. The molecule has 0 aromatic heterocycles. The molecule has 2 atom stereocenters. The number of halogens is 3. The average Bonchev–Trinajstić information content (AvgIpc) is 2.34. The van der Waals surface area contributed by atoms with Crippen LogP contribution >= 0.6 is 0 Å². The molecule has 0 radical (unpaired) electrons. The van der Waals surface area contributed by atoms with Gasteiger partial charge >= 0.3 is 5.97 Å². The van der Waals surface area contributed by atoms with E-state index in [1.165, 1.54) is 0 Å². The van der Waals surface area contributed by atoms with Crippen LogP contribution in [0.15, 0.2) is 12.1 Å². The van der Waals surface area contributed by atoms with Crippen molar-refractivity contribution in [1.82, 2.24) is 0 Å². The summed E-state index contributed by atoms with van der Waals surface area (Å²) in [7, 11) is 1.12. The molecular formula is C12H13F3O3. The largest absolute Gasteiger partial charge is 0.469 e. The predicted molar refractivity (Wildman–Crippen MR) is 57.1 cm³/mol. The van der Waals surface area contributed by atoms with E-state index < -0.39 is 41.0 Å². The third kappa shape index (κ3) is 2.81. The topological polar surface area (TPSA) is 46.5 Å². The van der Waals surface area contributed by atoms with Crippen LogP contribution in [0.25, 0.3) is 0 Å². The molecule has 1 N–H and O–H groups in total. The molecule has 0 saturated heterocycles. The Morgan fingerprint density at radius 3 is 2.33 bits per heavy atom. The number of methoxy groups -OCH3 is 1. The van der Waals surface area contributed by atoms with E-state index in [1.54, 1.807) is 6.92 Å². The van der Waals surface area contributed by atoms with Crippen LogP contribution in [0.1, 0.15) is 25.0 Å². The Hall–Kier alpha value is -1.56. The summed E-state index contributed by atoms with van der Waals surface area (Å²) < 4.78 is 43.6. The zero-order chi connectivity index (χ0) is 13.9. The van der Waals surface area contributed by atoms with Gasteiger partial charge in [0.05, 0.1) is 19.1 Å². The Morgan fingerprint density at radius 2 is 1.83 bits per heavy atom. The molecule has 0 spiro atoms. The van der Waals surface area contributed by atoms with Crippen LogP contribution in [0.4, 0.5) is 13.2 Å². The van der Waals surface area contributed by atoms with Crippen LogP contribution in [0.2, 0.25) is 0 Å². The number of ether oxygens (including phenoxy) is 1. The summed E-state index contributed by atoms with van der Waals surface area (Å²) in [5.41, 5.74) is -0.467. The first-order valence-electron chi connectivity index (χ1n) is 5.32. The fourth-order valence-electron chi connectivity index (χ4n) is 1.65. The van der Waals surface area contributed by atoms with E-state index in [9.17, 15) is 23.1 Å². The van der Waals surface area contributed by atoms with E-state index in [0.29, 0.717) is 12.1 Å². The Morgan fingerprint density at radius 1 is 1.28 bits per heavy atom. The summed E-state index contributed by atoms with van der Waals surface area (Å²) >= 11 is 0. The third-order valence-electron chi connectivity index (χ3n) is 2.68. The summed E-state index contributed by atoms with van der Waals surface area (Å²) in [6, 6.07) is 0.874. The van der Waals surface area contributed by atoms with Gasteiger partial charge in [0.2, 0.25) is 0 Å². The zero-order valence-electron chi connectivity index (χ0n) is 9.91. The second-order valence-electron chi connectivity index (χ2n) is 3.77. The normalized spacial score (nSPS) is 14.1. The highest BCUT2D eigenvalue weighted by Gasteiger charge is 2.30. The van der Waals surface area contributed by atoms with Gasteiger partial charge in [-0.05, 0) is 12.5 Å². The highest BCUT2D eigenvalue weighted by molar-refractivity contribution is 5.73. The fraction of sp³-hybridized carbons (Fsp3) is 0.417. The lowest BCUT2D eigenvalue weighted by molar-refractivity contribution is -0.149. The Bertz CT molecular complexity index is 448. The zero-order valence-corrected chi connectivity index (χ0v) is 9.91. The van der Waals surface area contributed by atoms with Crippen LogP contribution in [0, 0.1) is 23.4 Å². The van der Waals surface area contributed by atoms with Gasteiger partial charge in [0.25, 0.3) is 0 Å². The van der Waals surface area contributed by atoms with E-state index in [-0.39, 0.29) is 6.42 Å². The number of carbonyl (C=O) groups is 1. The number of benzene rings is 1. The maximum Gasteiger partial charge on any atom is 0.311 e. The molecule has 0 amide bonds. The van der Waals surface area contributed by atoms with Crippen molar-refractivity contribution in [3.63, 3.8) is 0 Å². The second kappa shape index (κ2) is 5.86. The number of carbonyl (C=O) groups excluding carboxylic acids is 1. The number of hydrogen-bond donors (Lipinski definition) is 1. The molecule has 6 heteroatoms. The Balaban J connectivity index is 3.13. The maximum atomic E-state index is 13.4. The quantitative estimate of drug-likeness (QED) is 0.669. The van der Waals surface area contributed by atoms with E-state index in [1.807, 2.05) is 0 Å². The molecule has 18 heavy (non-hydrogen) atoms. The van der Waals surface area contributed by atoms with Crippen molar-refractivity contribution in [2.75, 3.05) is 7.11 Å². The number of rotatable bonds is 4. The van der Waals surface area contributed by atoms with Gasteiger partial charge in [0, 0.05) is 11.6 Å². The number of esters is 1. The first-order valence-corrected chi connectivity index (χ1v) is 5.32. The predicted octanol–water partition coefficient (Wildman–Crippen LogP) is 2.34. The Kier molecular flexibility index (Phi) is 4.72. The van der Waals surface area contributed by atoms with E-state index in [0.717, 1.165) is 7.11 Å². The maximum absolute atomic E-state index is 13.4. The van der Waals surface area contributed by atoms with Crippen molar-refractivity contribution in [2.24, 2.45) is 5.92 Å². The standard InChI is InChI=1S/C12H13F3O3/c1-3-6(12(17)18-2)11(16)7-4-9(14)10(15)5-8(7)13/h4-6,11,16H,3H2,1-2H3. The van der Waals surface area contributed by atoms with Crippen LogP contribution in [-0.4, -0.2) is 18.2 Å². The third-order valence-corrected chi connectivity index (χ3v) is 2.68. The minimum atomic E-state index is -1.59. The second-order valence-corrected chi connectivity index (χ2v) is 3.77. The first kappa shape index (κ1) is 14.5. The van der Waals surface area contributed by atoms with Gasteiger partial charge in [-0.2, -0.15) is 0 Å². The smallest absolute Gasteiger partial charge is 0.311 e. The lowest BCUT2D eigenvalue weighted by Gasteiger charge is -2.20. The van der Waals surface area contributed by atoms with Gasteiger partial charge in [-0.15, -0.1) is 0 Å². The highest BCUT2D eigenvalue weighted by atomic mass is 19.2. The summed E-state index contributed by atoms with van der Waals surface area (Å²) in [6.45, 7) is 1.59. The molecule has 1 aromatic rings. The molecule has 0 saturated carbocycles. The summed E-state index contributed by atoms with van der Waals surface area (Å²) in [5.74, 6) is -5.52. The van der Waals surface area contributed by atoms with Crippen molar-refractivity contribution >= 4 is 5.97 Å². The van der Waals surface area contributed by atoms with Gasteiger partial charge in [-0.1, -0.05) is 6.92 Å². The van der Waals surface area contributed by atoms with Crippen molar-refractivity contribution in [1.29, 1.82) is 0 Å². The number of aliphatic hydroxyl groups excluding tert-OH is 1.